The maximum Gasteiger partial charge on any atom is 0.222 e. The third kappa shape index (κ3) is 2.13. The highest BCUT2D eigenvalue weighted by Crippen LogP contribution is 2.33. The second kappa shape index (κ2) is 4.72. The molecule has 0 amide bonds. The van der Waals surface area contributed by atoms with Gasteiger partial charge in [0.15, 0.2) is 0 Å². The van der Waals surface area contributed by atoms with Gasteiger partial charge in [0.05, 0.1) is 24.0 Å². The van der Waals surface area contributed by atoms with Crippen molar-refractivity contribution in [3.8, 4) is 17.0 Å². The zero-order valence-corrected chi connectivity index (χ0v) is 11.5. The maximum absolute atomic E-state index is 6.12. The van der Waals surface area contributed by atoms with Gasteiger partial charge in [0, 0.05) is 28.7 Å². The van der Waals surface area contributed by atoms with Gasteiger partial charge in [-0.25, -0.2) is 9.97 Å². The quantitative estimate of drug-likeness (QED) is 0.728. The molecule has 0 spiro atoms. The van der Waals surface area contributed by atoms with Crippen LogP contribution in [0.5, 0.6) is 5.75 Å². The lowest BCUT2D eigenvalue weighted by molar-refractivity contribution is 0.415. The highest BCUT2D eigenvalue weighted by molar-refractivity contribution is 6.34. The summed E-state index contributed by atoms with van der Waals surface area (Å²) in [6, 6.07) is 5.75. The average molecular weight is 294 g/mol. The number of ether oxygens (including phenoxy) is 1. The number of nitrogens with zero attached hydrogens (tertiary/aromatic N) is 2. The molecule has 0 aliphatic heterocycles. The average Bonchev–Trinajstić information content (AvgIpc) is 2.84. The second-order valence-electron chi connectivity index (χ2n) is 3.95. The lowest BCUT2D eigenvalue weighted by Gasteiger charge is -2.03. The van der Waals surface area contributed by atoms with Gasteiger partial charge in [-0.1, -0.05) is 11.6 Å². The Morgan fingerprint density at radius 1 is 1.26 bits per heavy atom. The van der Waals surface area contributed by atoms with E-state index >= 15 is 0 Å². The van der Waals surface area contributed by atoms with E-state index in [2.05, 4.69) is 15.0 Å². The Bertz CT molecular complexity index is 755. The van der Waals surface area contributed by atoms with Gasteiger partial charge in [-0.05, 0) is 23.7 Å². The van der Waals surface area contributed by atoms with Crippen LogP contribution < -0.4 is 4.74 Å². The molecule has 0 saturated carbocycles. The number of fused-ring (bicyclic) bond motifs is 1. The number of hydrogen-bond donors (Lipinski definition) is 1. The lowest BCUT2D eigenvalue weighted by Crippen LogP contribution is -1.88. The van der Waals surface area contributed by atoms with Crippen molar-refractivity contribution in [1.82, 2.24) is 15.0 Å². The minimum atomic E-state index is 0.169. The number of rotatable bonds is 2. The molecule has 0 aliphatic rings. The van der Waals surface area contributed by atoms with Crippen LogP contribution in [0.1, 0.15) is 0 Å². The smallest absolute Gasteiger partial charge is 0.222 e. The van der Waals surface area contributed by atoms with E-state index < -0.39 is 0 Å². The monoisotopic (exact) mass is 293 g/mol. The zero-order valence-electron chi connectivity index (χ0n) is 9.95. The first-order valence-corrected chi connectivity index (χ1v) is 6.28. The first-order valence-electron chi connectivity index (χ1n) is 5.52. The van der Waals surface area contributed by atoms with Gasteiger partial charge in [0.25, 0.3) is 0 Å². The number of methoxy groups -OCH3 is 1. The van der Waals surface area contributed by atoms with Crippen LogP contribution in [0.15, 0.2) is 30.6 Å². The van der Waals surface area contributed by atoms with Crippen molar-refractivity contribution in [2.45, 2.75) is 0 Å². The van der Waals surface area contributed by atoms with Crippen LogP contribution in [0.2, 0.25) is 10.3 Å². The predicted molar refractivity (Wildman–Crippen MR) is 75.9 cm³/mol. The van der Waals surface area contributed by atoms with Crippen molar-refractivity contribution >= 4 is 34.1 Å². The molecule has 3 aromatic rings. The van der Waals surface area contributed by atoms with Crippen LogP contribution >= 0.6 is 23.2 Å². The van der Waals surface area contributed by atoms with Gasteiger partial charge in [-0.2, -0.15) is 0 Å². The minimum absolute atomic E-state index is 0.169. The predicted octanol–water partition coefficient (Wildman–Crippen LogP) is 3.94. The molecule has 6 heteroatoms. The molecule has 4 nitrogen and oxygen atoms in total. The summed E-state index contributed by atoms with van der Waals surface area (Å²) in [6.45, 7) is 0. The zero-order chi connectivity index (χ0) is 13.4. The number of nitrogens with one attached hydrogen (secondary N) is 1. The van der Waals surface area contributed by atoms with E-state index in [9.17, 15) is 0 Å². The van der Waals surface area contributed by atoms with Crippen LogP contribution in [0.3, 0.4) is 0 Å². The molecule has 0 fully saturated rings. The lowest BCUT2D eigenvalue weighted by atomic mass is 10.1. The molecule has 0 radical (unpaired) electrons. The number of benzene rings is 1. The van der Waals surface area contributed by atoms with Gasteiger partial charge >= 0.3 is 0 Å². The van der Waals surface area contributed by atoms with E-state index in [0.717, 1.165) is 22.2 Å². The summed E-state index contributed by atoms with van der Waals surface area (Å²) in [4.78, 5) is 11.2. The third-order valence-electron chi connectivity index (χ3n) is 2.86. The highest BCUT2D eigenvalue weighted by atomic mass is 35.5. The SMILES string of the molecule is COc1ccc2c(-c3nc(Cl)ncc3Cl)c[nH]c2c1. The summed E-state index contributed by atoms with van der Waals surface area (Å²) in [7, 11) is 1.63. The molecule has 0 aliphatic carbocycles. The Hall–Kier alpha value is -1.78. The highest BCUT2D eigenvalue weighted by Gasteiger charge is 2.12. The number of hydrogen-bond acceptors (Lipinski definition) is 3. The molecule has 1 N–H and O–H groups in total. The molecule has 2 heterocycles. The standard InChI is InChI=1S/C13H9Cl2N3O/c1-19-7-2-3-8-9(5-16-11(8)4-7)12-10(14)6-17-13(15)18-12/h2-6,16H,1H3. The molecule has 19 heavy (non-hydrogen) atoms. The van der Waals surface area contributed by atoms with Crippen LogP contribution in [-0.4, -0.2) is 22.1 Å². The molecule has 3 rings (SSSR count). The Labute approximate surface area is 119 Å². The van der Waals surface area contributed by atoms with E-state index in [1.165, 1.54) is 6.20 Å². The topological polar surface area (TPSA) is 50.8 Å². The van der Waals surface area contributed by atoms with Gasteiger partial charge in [0.1, 0.15) is 5.75 Å². The van der Waals surface area contributed by atoms with Crippen LogP contribution in [0, 0.1) is 0 Å². The molecule has 0 saturated heterocycles. The summed E-state index contributed by atoms with van der Waals surface area (Å²) in [6.07, 6.45) is 3.34. The van der Waals surface area contributed by atoms with Crippen LogP contribution in [0.4, 0.5) is 0 Å². The van der Waals surface area contributed by atoms with Crippen LogP contribution in [-0.2, 0) is 0 Å². The maximum atomic E-state index is 6.12. The van der Waals surface area contributed by atoms with Crippen molar-refractivity contribution in [3.63, 3.8) is 0 Å². The van der Waals surface area contributed by atoms with Crippen molar-refractivity contribution < 1.29 is 4.74 Å². The van der Waals surface area contributed by atoms with Crippen molar-refractivity contribution in [3.05, 3.63) is 40.9 Å². The third-order valence-corrected chi connectivity index (χ3v) is 3.32. The molecule has 0 atom stereocenters. The van der Waals surface area contributed by atoms with E-state index in [1.807, 2.05) is 24.4 Å². The Morgan fingerprint density at radius 3 is 2.89 bits per heavy atom. The Morgan fingerprint density at radius 2 is 2.11 bits per heavy atom. The summed E-state index contributed by atoms with van der Waals surface area (Å²) in [5, 5.41) is 1.63. The number of H-pyrrole nitrogens is 1. The molecular weight excluding hydrogens is 285 g/mol. The largest absolute Gasteiger partial charge is 0.497 e. The van der Waals surface area contributed by atoms with Crippen molar-refractivity contribution in [2.24, 2.45) is 0 Å². The fourth-order valence-electron chi connectivity index (χ4n) is 1.96. The Balaban J connectivity index is 2.23. The molecule has 0 unspecified atom stereocenters. The summed E-state index contributed by atoms with van der Waals surface area (Å²) in [5.41, 5.74) is 2.44. The molecule has 96 valence electrons. The van der Waals surface area contributed by atoms with E-state index in [4.69, 9.17) is 27.9 Å². The van der Waals surface area contributed by atoms with Gasteiger partial charge < -0.3 is 9.72 Å². The molecular formula is C13H9Cl2N3O. The van der Waals surface area contributed by atoms with E-state index in [-0.39, 0.29) is 5.28 Å². The fourth-order valence-corrected chi connectivity index (χ4v) is 2.29. The summed E-state index contributed by atoms with van der Waals surface area (Å²) >= 11 is 11.9. The first kappa shape index (κ1) is 12.3. The fraction of sp³-hybridized carbons (Fsp3) is 0.0769. The van der Waals surface area contributed by atoms with Gasteiger partial charge in [0.2, 0.25) is 5.28 Å². The number of halogens is 2. The summed E-state index contributed by atoms with van der Waals surface area (Å²) < 4.78 is 5.19. The number of aromatic amines is 1. The Kier molecular flexibility index (Phi) is 3.05. The van der Waals surface area contributed by atoms with Gasteiger partial charge in [-0.15, -0.1) is 0 Å². The molecule has 2 aromatic heterocycles. The normalized spacial score (nSPS) is 10.9. The molecule has 1 aromatic carbocycles. The van der Waals surface area contributed by atoms with E-state index in [0.29, 0.717) is 10.7 Å². The van der Waals surface area contributed by atoms with Gasteiger partial charge in [-0.3, -0.25) is 0 Å². The minimum Gasteiger partial charge on any atom is -0.497 e. The van der Waals surface area contributed by atoms with Crippen LogP contribution in [0.25, 0.3) is 22.2 Å². The first-order chi connectivity index (χ1) is 9.19. The number of aromatic nitrogens is 3. The van der Waals surface area contributed by atoms with E-state index in [1.54, 1.807) is 7.11 Å². The molecule has 0 bridgehead atoms. The summed E-state index contributed by atoms with van der Waals surface area (Å²) in [5.74, 6) is 0.785. The van der Waals surface area contributed by atoms with Crippen molar-refractivity contribution in [1.29, 1.82) is 0 Å². The van der Waals surface area contributed by atoms with Crippen molar-refractivity contribution in [2.75, 3.05) is 7.11 Å². The second-order valence-corrected chi connectivity index (χ2v) is 4.69.